The molecule has 0 unspecified atom stereocenters. The standard InChI is InChI=1S/C16H17F2NO3S/c1-11(13-6-4-5-7-15(13)22-3)19(2)23(20,21)16-9-8-12(17)10-14(16)18/h4-11H,1-3H3/t11-/m0/s1. The van der Waals surface area contributed by atoms with Crippen LogP contribution >= 0.6 is 0 Å². The Kier molecular flexibility index (Phi) is 5.01. The van der Waals surface area contributed by atoms with Crippen LogP contribution in [0.2, 0.25) is 0 Å². The second-order valence-corrected chi connectivity index (χ2v) is 6.98. The van der Waals surface area contributed by atoms with Gasteiger partial charge in [0.25, 0.3) is 0 Å². The smallest absolute Gasteiger partial charge is 0.246 e. The summed E-state index contributed by atoms with van der Waals surface area (Å²) in [6.45, 7) is 1.66. The van der Waals surface area contributed by atoms with E-state index in [2.05, 4.69) is 0 Å². The average Bonchev–Trinajstić information content (AvgIpc) is 2.53. The molecule has 0 amide bonds. The molecular weight excluding hydrogens is 324 g/mol. The van der Waals surface area contributed by atoms with Crippen LogP contribution < -0.4 is 4.74 Å². The number of sulfonamides is 1. The monoisotopic (exact) mass is 341 g/mol. The minimum absolute atomic E-state index is 0.529. The molecule has 0 aliphatic rings. The van der Waals surface area contributed by atoms with E-state index in [1.54, 1.807) is 31.2 Å². The molecule has 0 aliphatic heterocycles. The van der Waals surface area contributed by atoms with Gasteiger partial charge < -0.3 is 4.74 Å². The van der Waals surface area contributed by atoms with Gasteiger partial charge in [-0.15, -0.1) is 0 Å². The molecule has 0 bridgehead atoms. The number of methoxy groups -OCH3 is 1. The van der Waals surface area contributed by atoms with E-state index >= 15 is 0 Å². The molecule has 23 heavy (non-hydrogen) atoms. The molecule has 0 saturated carbocycles. The van der Waals surface area contributed by atoms with Crippen molar-refractivity contribution in [3.05, 3.63) is 59.7 Å². The van der Waals surface area contributed by atoms with Crippen LogP contribution in [-0.2, 0) is 10.0 Å². The Balaban J connectivity index is 2.43. The number of nitrogens with zero attached hydrogens (tertiary/aromatic N) is 1. The lowest BCUT2D eigenvalue weighted by molar-refractivity contribution is 0.365. The SMILES string of the molecule is COc1ccccc1[C@H](C)N(C)S(=O)(=O)c1ccc(F)cc1F. The zero-order valence-electron chi connectivity index (χ0n) is 13.0. The Labute approximate surface area is 134 Å². The van der Waals surface area contributed by atoms with Crippen LogP contribution in [0.15, 0.2) is 47.4 Å². The van der Waals surface area contributed by atoms with Gasteiger partial charge in [0, 0.05) is 18.7 Å². The first-order valence-corrected chi connectivity index (χ1v) is 8.29. The molecule has 0 aliphatic carbocycles. The van der Waals surface area contributed by atoms with Gasteiger partial charge >= 0.3 is 0 Å². The van der Waals surface area contributed by atoms with Crippen molar-refractivity contribution in [1.82, 2.24) is 4.31 Å². The lowest BCUT2D eigenvalue weighted by atomic mass is 10.1. The van der Waals surface area contributed by atoms with E-state index in [9.17, 15) is 17.2 Å². The maximum absolute atomic E-state index is 13.8. The topological polar surface area (TPSA) is 46.6 Å². The summed E-state index contributed by atoms with van der Waals surface area (Å²) in [5.74, 6) is -1.42. The van der Waals surface area contributed by atoms with Crippen LogP contribution in [0, 0.1) is 11.6 Å². The number of para-hydroxylation sites is 1. The summed E-state index contributed by atoms with van der Waals surface area (Å²) in [6.07, 6.45) is 0. The molecule has 1 atom stereocenters. The summed E-state index contributed by atoms with van der Waals surface area (Å²) in [7, 11) is -1.29. The van der Waals surface area contributed by atoms with Gasteiger partial charge in [0.1, 0.15) is 22.3 Å². The summed E-state index contributed by atoms with van der Waals surface area (Å²) in [5, 5.41) is 0. The molecule has 0 aromatic heterocycles. The zero-order chi connectivity index (χ0) is 17.2. The van der Waals surface area contributed by atoms with Crippen LogP contribution in [0.1, 0.15) is 18.5 Å². The summed E-state index contributed by atoms with van der Waals surface area (Å²) >= 11 is 0. The molecule has 2 aromatic rings. The van der Waals surface area contributed by atoms with Crippen LogP contribution in [0.25, 0.3) is 0 Å². The van der Waals surface area contributed by atoms with Gasteiger partial charge in [0.2, 0.25) is 10.0 Å². The van der Waals surface area contributed by atoms with Gasteiger partial charge in [-0.25, -0.2) is 17.2 Å². The normalized spacial score (nSPS) is 13.1. The fourth-order valence-corrected chi connectivity index (χ4v) is 3.64. The van der Waals surface area contributed by atoms with Crippen LogP contribution in [0.3, 0.4) is 0 Å². The predicted molar refractivity (Wildman–Crippen MR) is 82.7 cm³/mol. The highest BCUT2D eigenvalue weighted by molar-refractivity contribution is 7.89. The van der Waals surface area contributed by atoms with Gasteiger partial charge in [-0.2, -0.15) is 4.31 Å². The molecule has 2 rings (SSSR count). The first kappa shape index (κ1) is 17.4. The van der Waals surface area contributed by atoms with Gasteiger partial charge in [-0.05, 0) is 25.1 Å². The van der Waals surface area contributed by atoms with Gasteiger partial charge in [0.05, 0.1) is 13.2 Å². The number of halogens is 2. The fraction of sp³-hybridized carbons (Fsp3) is 0.250. The highest BCUT2D eigenvalue weighted by Crippen LogP contribution is 2.32. The Bertz CT molecular complexity index is 809. The van der Waals surface area contributed by atoms with Crippen molar-refractivity contribution < 1.29 is 21.9 Å². The van der Waals surface area contributed by atoms with E-state index in [0.29, 0.717) is 17.4 Å². The molecule has 4 nitrogen and oxygen atoms in total. The van der Waals surface area contributed by atoms with Gasteiger partial charge in [-0.3, -0.25) is 0 Å². The number of hydrogen-bond acceptors (Lipinski definition) is 3. The Morgan fingerprint density at radius 2 is 1.78 bits per heavy atom. The second kappa shape index (κ2) is 6.64. The molecule has 7 heteroatoms. The zero-order valence-corrected chi connectivity index (χ0v) is 13.8. The highest BCUT2D eigenvalue weighted by atomic mass is 32.2. The summed E-state index contributed by atoms with van der Waals surface area (Å²) in [4.78, 5) is -0.567. The van der Waals surface area contributed by atoms with Crippen molar-refractivity contribution in [2.75, 3.05) is 14.2 Å². The third-order valence-corrected chi connectivity index (χ3v) is 5.65. The van der Waals surface area contributed by atoms with E-state index in [-0.39, 0.29) is 0 Å². The van der Waals surface area contributed by atoms with Crippen LogP contribution in [0.4, 0.5) is 8.78 Å². The molecule has 2 aromatic carbocycles. The summed E-state index contributed by atoms with van der Waals surface area (Å²) in [6, 6.07) is 8.76. The van der Waals surface area contributed by atoms with Crippen molar-refractivity contribution >= 4 is 10.0 Å². The third kappa shape index (κ3) is 3.35. The first-order chi connectivity index (χ1) is 10.8. The van der Waals surface area contributed by atoms with Gasteiger partial charge in [0.15, 0.2) is 0 Å². The van der Waals surface area contributed by atoms with Crippen molar-refractivity contribution in [1.29, 1.82) is 0 Å². The summed E-state index contributed by atoms with van der Waals surface area (Å²) < 4.78 is 58.3. The maximum Gasteiger partial charge on any atom is 0.246 e. The first-order valence-electron chi connectivity index (χ1n) is 6.85. The molecule has 0 fully saturated rings. The number of rotatable bonds is 5. The lowest BCUT2D eigenvalue weighted by Gasteiger charge is -2.26. The van der Waals surface area contributed by atoms with E-state index in [1.807, 2.05) is 0 Å². The second-order valence-electron chi connectivity index (χ2n) is 5.01. The Hall–Kier alpha value is -1.99. The highest BCUT2D eigenvalue weighted by Gasteiger charge is 2.30. The average molecular weight is 341 g/mol. The number of ether oxygens (including phenoxy) is 1. The minimum atomic E-state index is -4.12. The van der Waals surface area contributed by atoms with Gasteiger partial charge in [-0.1, -0.05) is 18.2 Å². The molecule has 124 valence electrons. The minimum Gasteiger partial charge on any atom is -0.496 e. The molecule has 0 radical (unpaired) electrons. The lowest BCUT2D eigenvalue weighted by Crippen LogP contribution is -2.30. The van der Waals surface area contributed by atoms with Crippen LogP contribution in [-0.4, -0.2) is 26.9 Å². The third-order valence-electron chi connectivity index (χ3n) is 3.69. The predicted octanol–water partition coefficient (Wildman–Crippen LogP) is 3.36. The molecular formula is C16H17F2NO3S. The quantitative estimate of drug-likeness (QED) is 0.838. The Morgan fingerprint density at radius 1 is 1.13 bits per heavy atom. The number of hydrogen-bond donors (Lipinski definition) is 0. The number of benzene rings is 2. The van der Waals surface area contributed by atoms with Crippen molar-refractivity contribution in [3.8, 4) is 5.75 Å². The molecule has 0 N–H and O–H groups in total. The van der Waals surface area contributed by atoms with E-state index in [1.165, 1.54) is 14.2 Å². The van der Waals surface area contributed by atoms with E-state index in [0.717, 1.165) is 16.4 Å². The fourth-order valence-electron chi connectivity index (χ4n) is 2.26. The largest absolute Gasteiger partial charge is 0.496 e. The van der Waals surface area contributed by atoms with Crippen molar-refractivity contribution in [3.63, 3.8) is 0 Å². The molecule has 0 saturated heterocycles. The molecule has 0 spiro atoms. The maximum atomic E-state index is 13.8. The van der Waals surface area contributed by atoms with Crippen molar-refractivity contribution in [2.24, 2.45) is 0 Å². The molecule has 0 heterocycles. The summed E-state index contributed by atoms with van der Waals surface area (Å²) in [5.41, 5.74) is 0.642. The van der Waals surface area contributed by atoms with E-state index < -0.39 is 32.6 Å². The van der Waals surface area contributed by atoms with E-state index in [4.69, 9.17) is 4.74 Å². The van der Waals surface area contributed by atoms with Crippen LogP contribution in [0.5, 0.6) is 5.75 Å². The van der Waals surface area contributed by atoms with Crippen molar-refractivity contribution in [2.45, 2.75) is 17.9 Å². The Morgan fingerprint density at radius 3 is 2.39 bits per heavy atom.